The molecule has 9 nitrogen and oxygen atoms in total. The van der Waals surface area contributed by atoms with Gasteiger partial charge in [0.1, 0.15) is 12.1 Å². The molecule has 9 heteroatoms. The molecule has 200 valence electrons. The third kappa shape index (κ3) is 8.01. The molecule has 2 aromatic rings. The normalized spacial score (nSPS) is 15.9. The van der Waals surface area contributed by atoms with E-state index in [4.69, 9.17) is 10.9 Å². The number of carbonyl (C=O) groups is 4. The van der Waals surface area contributed by atoms with Crippen molar-refractivity contribution in [3.63, 3.8) is 0 Å². The minimum atomic E-state index is -0.992. The van der Waals surface area contributed by atoms with E-state index < -0.39 is 41.6 Å². The SMILES string of the molecule is CC(C)C[C@H](NC(=O)[C@H](Cc1cccc2ccccc12)NC(=O)[C@H](CC(=O)NO)CC1CCC1)C(N)=O. The number of fused-ring (bicyclic) bond motifs is 1. The van der Waals surface area contributed by atoms with E-state index in [1.54, 1.807) is 5.48 Å². The number of hydrogen-bond acceptors (Lipinski definition) is 5. The number of hydroxylamine groups is 1. The van der Waals surface area contributed by atoms with E-state index in [0.29, 0.717) is 18.8 Å². The molecule has 3 atom stereocenters. The minimum Gasteiger partial charge on any atom is -0.368 e. The second kappa shape index (κ2) is 13.2. The molecule has 6 N–H and O–H groups in total. The molecule has 0 heterocycles. The molecule has 2 aromatic carbocycles. The molecule has 0 radical (unpaired) electrons. The number of amides is 4. The summed E-state index contributed by atoms with van der Waals surface area (Å²) in [7, 11) is 0. The second-order valence-corrected chi connectivity index (χ2v) is 10.5. The van der Waals surface area contributed by atoms with Crippen molar-refractivity contribution in [1.82, 2.24) is 16.1 Å². The number of hydrogen-bond donors (Lipinski definition) is 5. The number of nitrogens with two attached hydrogens (primary N) is 1. The molecule has 3 rings (SSSR count). The first kappa shape index (κ1) is 28.1. The first-order chi connectivity index (χ1) is 17.7. The molecule has 1 fully saturated rings. The fraction of sp³-hybridized carbons (Fsp3) is 0.500. The van der Waals surface area contributed by atoms with Gasteiger partial charge in [0.05, 0.1) is 0 Å². The fourth-order valence-electron chi connectivity index (χ4n) is 4.86. The van der Waals surface area contributed by atoms with Crippen LogP contribution in [0.2, 0.25) is 0 Å². The average molecular weight is 511 g/mol. The van der Waals surface area contributed by atoms with Gasteiger partial charge in [-0.25, -0.2) is 5.48 Å². The summed E-state index contributed by atoms with van der Waals surface area (Å²) in [6.45, 7) is 3.85. The van der Waals surface area contributed by atoms with E-state index in [1.807, 2.05) is 56.3 Å². The van der Waals surface area contributed by atoms with Crippen molar-refractivity contribution in [2.75, 3.05) is 0 Å². The second-order valence-electron chi connectivity index (χ2n) is 10.5. The van der Waals surface area contributed by atoms with Crippen molar-refractivity contribution < 1.29 is 24.4 Å². The molecule has 0 unspecified atom stereocenters. The molecule has 1 aliphatic rings. The van der Waals surface area contributed by atoms with E-state index in [0.717, 1.165) is 35.6 Å². The number of benzene rings is 2. The lowest BCUT2D eigenvalue weighted by Crippen LogP contribution is -2.55. The molecule has 0 aromatic heterocycles. The van der Waals surface area contributed by atoms with Gasteiger partial charge >= 0.3 is 0 Å². The predicted octanol–water partition coefficient (Wildman–Crippen LogP) is 2.59. The van der Waals surface area contributed by atoms with E-state index in [1.165, 1.54) is 0 Å². The highest BCUT2D eigenvalue weighted by Crippen LogP contribution is 2.33. The van der Waals surface area contributed by atoms with Crippen molar-refractivity contribution in [3.8, 4) is 0 Å². The van der Waals surface area contributed by atoms with Crippen molar-refractivity contribution in [2.24, 2.45) is 23.5 Å². The van der Waals surface area contributed by atoms with Gasteiger partial charge in [-0.2, -0.15) is 0 Å². The van der Waals surface area contributed by atoms with Crippen LogP contribution in [0.3, 0.4) is 0 Å². The van der Waals surface area contributed by atoms with Crippen LogP contribution in [0.15, 0.2) is 42.5 Å². The first-order valence-electron chi connectivity index (χ1n) is 13.0. The Bertz CT molecular complexity index is 1110. The first-order valence-corrected chi connectivity index (χ1v) is 13.0. The van der Waals surface area contributed by atoms with Gasteiger partial charge in [-0.3, -0.25) is 24.4 Å². The number of primary amides is 1. The van der Waals surface area contributed by atoms with Crippen LogP contribution in [0.1, 0.15) is 57.9 Å². The summed E-state index contributed by atoms with van der Waals surface area (Å²) in [4.78, 5) is 50.8. The monoisotopic (exact) mass is 510 g/mol. The van der Waals surface area contributed by atoms with Crippen LogP contribution >= 0.6 is 0 Å². The standard InChI is InChI=1S/C28H38N4O5/c1-17(2)13-23(26(29)34)30-28(36)24(15-20-11-6-10-19-9-3-4-12-22(19)20)31-27(35)21(16-25(33)32-37)14-18-7-5-8-18/h3-4,6,9-12,17-18,21,23-24,37H,5,7-8,13-16H2,1-2H3,(H2,29,34)(H,30,36)(H,31,35)(H,32,33)/t21-,23-,24-/m0/s1. The van der Waals surface area contributed by atoms with Gasteiger partial charge in [-0.1, -0.05) is 75.6 Å². The number of carbonyl (C=O) groups excluding carboxylic acids is 4. The van der Waals surface area contributed by atoms with Gasteiger partial charge < -0.3 is 16.4 Å². The highest BCUT2D eigenvalue weighted by Gasteiger charge is 2.32. The topological polar surface area (TPSA) is 151 Å². The lowest BCUT2D eigenvalue weighted by molar-refractivity contribution is -0.137. The van der Waals surface area contributed by atoms with Gasteiger partial charge in [-0.05, 0) is 41.0 Å². The molecule has 4 amide bonds. The summed E-state index contributed by atoms with van der Waals surface area (Å²) in [5, 5.41) is 16.6. The Balaban J connectivity index is 1.86. The van der Waals surface area contributed by atoms with Gasteiger partial charge in [-0.15, -0.1) is 0 Å². The Labute approximate surface area is 217 Å². The Hall–Kier alpha value is -3.46. The third-order valence-electron chi connectivity index (χ3n) is 7.07. The van der Waals surface area contributed by atoms with Crippen molar-refractivity contribution >= 4 is 34.4 Å². The van der Waals surface area contributed by atoms with Crippen molar-refractivity contribution in [2.45, 2.75) is 70.9 Å². The maximum absolute atomic E-state index is 13.5. The Morgan fingerprint density at radius 2 is 1.65 bits per heavy atom. The zero-order valence-corrected chi connectivity index (χ0v) is 21.5. The van der Waals surface area contributed by atoms with Crippen LogP contribution in [0.25, 0.3) is 10.8 Å². The summed E-state index contributed by atoms with van der Waals surface area (Å²) in [5.41, 5.74) is 8.01. The summed E-state index contributed by atoms with van der Waals surface area (Å²) < 4.78 is 0. The largest absolute Gasteiger partial charge is 0.368 e. The van der Waals surface area contributed by atoms with Crippen LogP contribution in [0.5, 0.6) is 0 Å². The van der Waals surface area contributed by atoms with Crippen LogP contribution in [-0.4, -0.2) is 40.9 Å². The minimum absolute atomic E-state index is 0.118. The van der Waals surface area contributed by atoms with E-state index in [2.05, 4.69) is 10.6 Å². The molecule has 1 saturated carbocycles. The summed E-state index contributed by atoms with van der Waals surface area (Å²) >= 11 is 0. The molecule has 37 heavy (non-hydrogen) atoms. The lowest BCUT2D eigenvalue weighted by atomic mass is 9.78. The molecule has 0 bridgehead atoms. The van der Waals surface area contributed by atoms with Crippen molar-refractivity contribution in [1.29, 1.82) is 0 Å². The molecule has 1 aliphatic carbocycles. The average Bonchev–Trinajstić information content (AvgIpc) is 2.84. The van der Waals surface area contributed by atoms with Crippen LogP contribution in [0, 0.1) is 17.8 Å². The zero-order chi connectivity index (χ0) is 26.9. The van der Waals surface area contributed by atoms with Gasteiger partial charge in [0.15, 0.2) is 0 Å². The fourth-order valence-corrected chi connectivity index (χ4v) is 4.86. The quantitative estimate of drug-likeness (QED) is 0.207. The zero-order valence-electron chi connectivity index (χ0n) is 21.5. The molecular weight excluding hydrogens is 472 g/mol. The molecular formula is C28H38N4O5. The van der Waals surface area contributed by atoms with E-state index >= 15 is 0 Å². The lowest BCUT2D eigenvalue weighted by Gasteiger charge is -2.30. The molecule has 0 spiro atoms. The summed E-state index contributed by atoms with van der Waals surface area (Å²) in [6, 6.07) is 11.7. The number of nitrogens with one attached hydrogen (secondary N) is 3. The predicted molar refractivity (Wildman–Crippen MR) is 140 cm³/mol. The highest BCUT2D eigenvalue weighted by molar-refractivity contribution is 5.94. The van der Waals surface area contributed by atoms with Gasteiger partial charge in [0, 0.05) is 18.8 Å². The third-order valence-corrected chi connectivity index (χ3v) is 7.07. The maximum Gasteiger partial charge on any atom is 0.244 e. The van der Waals surface area contributed by atoms with Gasteiger partial charge in [0.25, 0.3) is 0 Å². The molecule has 0 saturated heterocycles. The highest BCUT2D eigenvalue weighted by atomic mass is 16.5. The van der Waals surface area contributed by atoms with E-state index in [-0.39, 0.29) is 18.8 Å². The summed E-state index contributed by atoms with van der Waals surface area (Å²) in [5.74, 6) is -2.48. The van der Waals surface area contributed by atoms with Crippen LogP contribution in [-0.2, 0) is 25.6 Å². The number of rotatable bonds is 13. The van der Waals surface area contributed by atoms with Crippen molar-refractivity contribution in [3.05, 3.63) is 48.0 Å². The Kier molecular flexibility index (Phi) is 10.0. The van der Waals surface area contributed by atoms with Crippen LogP contribution < -0.4 is 21.8 Å². The smallest absolute Gasteiger partial charge is 0.244 e. The Morgan fingerprint density at radius 1 is 0.973 bits per heavy atom. The van der Waals surface area contributed by atoms with Crippen LogP contribution in [0.4, 0.5) is 0 Å². The Morgan fingerprint density at radius 3 is 2.27 bits per heavy atom. The summed E-state index contributed by atoms with van der Waals surface area (Å²) in [6.07, 6.45) is 3.94. The maximum atomic E-state index is 13.5. The van der Waals surface area contributed by atoms with E-state index in [9.17, 15) is 19.2 Å². The molecule has 0 aliphatic heterocycles. The van der Waals surface area contributed by atoms with Gasteiger partial charge in [0.2, 0.25) is 23.6 Å².